The van der Waals surface area contributed by atoms with Crippen molar-refractivity contribution < 1.29 is 12.8 Å². The summed E-state index contributed by atoms with van der Waals surface area (Å²) in [6.07, 6.45) is 3.95. The van der Waals surface area contributed by atoms with Crippen molar-refractivity contribution in [2.45, 2.75) is 63.4 Å². The summed E-state index contributed by atoms with van der Waals surface area (Å²) in [4.78, 5) is 0.263. The zero-order valence-corrected chi connectivity index (χ0v) is 13.3. The molecule has 0 bridgehead atoms. The van der Waals surface area contributed by atoms with Crippen LogP contribution in [-0.2, 0) is 16.6 Å². The highest BCUT2D eigenvalue weighted by molar-refractivity contribution is 7.89. The van der Waals surface area contributed by atoms with Gasteiger partial charge in [-0.1, -0.05) is 19.8 Å². The summed E-state index contributed by atoms with van der Waals surface area (Å²) >= 11 is 0. The smallest absolute Gasteiger partial charge is 0.244 e. The third-order valence-corrected chi connectivity index (χ3v) is 5.60. The summed E-state index contributed by atoms with van der Waals surface area (Å²) in [5.41, 5.74) is -0.315. The number of rotatable bonds is 6. The maximum absolute atomic E-state index is 12.5. The fraction of sp³-hybridized carbons (Fsp3) is 0.714. The molecule has 0 spiro atoms. The molecular formula is C14H24N2O3S. The quantitative estimate of drug-likeness (QED) is 0.845. The van der Waals surface area contributed by atoms with Crippen LogP contribution in [0.15, 0.2) is 15.4 Å². The highest BCUT2D eigenvalue weighted by Gasteiger charge is 2.34. The Hall–Kier alpha value is -0.850. The molecule has 1 saturated carbocycles. The molecule has 114 valence electrons. The number of hydrogen-bond acceptors (Lipinski definition) is 4. The number of furan rings is 1. The van der Waals surface area contributed by atoms with Gasteiger partial charge in [0.1, 0.15) is 16.4 Å². The fourth-order valence-corrected chi connectivity index (χ4v) is 4.43. The summed E-state index contributed by atoms with van der Waals surface area (Å²) in [5, 5.41) is 3.13. The van der Waals surface area contributed by atoms with Crippen molar-refractivity contribution in [3.63, 3.8) is 0 Å². The summed E-state index contributed by atoms with van der Waals surface area (Å²) in [7, 11) is -3.51. The number of sulfonamides is 1. The largest absolute Gasteiger partial charge is 0.464 e. The molecule has 0 unspecified atom stereocenters. The third-order valence-electron chi connectivity index (χ3n) is 3.85. The van der Waals surface area contributed by atoms with Crippen LogP contribution in [0.25, 0.3) is 0 Å². The first-order valence-corrected chi connectivity index (χ1v) is 8.69. The summed E-state index contributed by atoms with van der Waals surface area (Å²) < 4.78 is 33.4. The summed E-state index contributed by atoms with van der Waals surface area (Å²) in [5.74, 6) is 1.10. The van der Waals surface area contributed by atoms with Crippen LogP contribution in [0.5, 0.6) is 0 Å². The van der Waals surface area contributed by atoms with Crippen molar-refractivity contribution >= 4 is 10.0 Å². The number of nitrogens with one attached hydrogen (secondary N) is 2. The Balaban J connectivity index is 2.18. The van der Waals surface area contributed by atoms with Gasteiger partial charge in [-0.3, -0.25) is 0 Å². The Bertz CT molecular complexity index is 557. The molecule has 1 aromatic rings. The molecule has 0 amide bonds. The number of hydrogen-bond donors (Lipinski definition) is 2. The van der Waals surface area contributed by atoms with Crippen LogP contribution in [0.2, 0.25) is 0 Å². The van der Waals surface area contributed by atoms with Crippen molar-refractivity contribution in [1.82, 2.24) is 10.0 Å². The van der Waals surface area contributed by atoms with Crippen LogP contribution in [0, 0.1) is 6.92 Å². The zero-order chi connectivity index (χ0) is 14.8. The van der Waals surface area contributed by atoms with Crippen molar-refractivity contribution in [2.75, 3.05) is 6.54 Å². The molecule has 0 saturated heterocycles. The minimum atomic E-state index is -3.51. The molecule has 0 aromatic carbocycles. The maximum atomic E-state index is 12.5. The second-order valence-corrected chi connectivity index (χ2v) is 7.44. The van der Waals surface area contributed by atoms with Gasteiger partial charge in [0.15, 0.2) is 0 Å². The van der Waals surface area contributed by atoms with Crippen LogP contribution in [0.3, 0.4) is 0 Å². The van der Waals surface area contributed by atoms with E-state index in [0.29, 0.717) is 18.1 Å². The van der Waals surface area contributed by atoms with Gasteiger partial charge in [0.2, 0.25) is 10.0 Å². The lowest BCUT2D eigenvalue weighted by Gasteiger charge is -2.24. The van der Waals surface area contributed by atoms with Crippen molar-refractivity contribution in [3.05, 3.63) is 17.6 Å². The van der Waals surface area contributed by atoms with Crippen LogP contribution in [-0.4, -0.2) is 20.5 Å². The Morgan fingerprint density at radius 3 is 2.60 bits per heavy atom. The van der Waals surface area contributed by atoms with Gasteiger partial charge in [-0.2, -0.15) is 0 Å². The van der Waals surface area contributed by atoms with Crippen LogP contribution < -0.4 is 10.0 Å². The Kier molecular flexibility index (Phi) is 4.56. The second-order valence-electron chi connectivity index (χ2n) is 5.79. The lowest BCUT2D eigenvalue weighted by molar-refractivity contribution is 0.425. The van der Waals surface area contributed by atoms with E-state index >= 15 is 0 Å². The third kappa shape index (κ3) is 3.42. The minimum absolute atomic E-state index is 0.263. The Labute approximate surface area is 121 Å². The Morgan fingerprint density at radius 2 is 2.00 bits per heavy atom. The zero-order valence-electron chi connectivity index (χ0n) is 12.5. The average molecular weight is 300 g/mol. The highest BCUT2D eigenvalue weighted by atomic mass is 32.2. The monoisotopic (exact) mass is 300 g/mol. The van der Waals surface area contributed by atoms with Crippen LogP contribution in [0.1, 0.15) is 51.1 Å². The van der Waals surface area contributed by atoms with Gasteiger partial charge >= 0.3 is 0 Å². The normalized spacial score (nSPS) is 18.6. The average Bonchev–Trinajstić information content (AvgIpc) is 2.93. The molecule has 1 heterocycles. The van der Waals surface area contributed by atoms with Gasteiger partial charge in [-0.05, 0) is 33.2 Å². The van der Waals surface area contributed by atoms with E-state index in [1.165, 1.54) is 0 Å². The molecule has 5 nitrogen and oxygen atoms in total. The Morgan fingerprint density at radius 1 is 1.35 bits per heavy atom. The van der Waals surface area contributed by atoms with E-state index in [0.717, 1.165) is 32.2 Å². The van der Waals surface area contributed by atoms with Gasteiger partial charge in [-0.15, -0.1) is 0 Å². The summed E-state index contributed by atoms with van der Waals surface area (Å²) in [6, 6.07) is 1.62. The van der Waals surface area contributed by atoms with E-state index in [2.05, 4.69) is 10.0 Å². The van der Waals surface area contributed by atoms with Gasteiger partial charge in [-0.25, -0.2) is 13.1 Å². The minimum Gasteiger partial charge on any atom is -0.464 e. The first-order valence-electron chi connectivity index (χ1n) is 7.20. The predicted molar refractivity (Wildman–Crippen MR) is 78.0 cm³/mol. The van der Waals surface area contributed by atoms with Gasteiger partial charge < -0.3 is 9.73 Å². The predicted octanol–water partition coefficient (Wildman–Crippen LogP) is 2.31. The molecular weight excluding hydrogens is 276 g/mol. The van der Waals surface area contributed by atoms with Gasteiger partial charge in [0, 0.05) is 11.6 Å². The van der Waals surface area contributed by atoms with Gasteiger partial charge in [0.05, 0.1) is 6.54 Å². The van der Waals surface area contributed by atoms with E-state index in [-0.39, 0.29) is 10.4 Å². The van der Waals surface area contributed by atoms with Crippen molar-refractivity contribution in [3.8, 4) is 0 Å². The van der Waals surface area contributed by atoms with Crippen molar-refractivity contribution in [2.24, 2.45) is 0 Å². The van der Waals surface area contributed by atoms with Crippen LogP contribution >= 0.6 is 0 Å². The van der Waals surface area contributed by atoms with E-state index < -0.39 is 10.0 Å². The molecule has 6 heteroatoms. The van der Waals surface area contributed by atoms with E-state index in [1.54, 1.807) is 13.0 Å². The standard InChI is InChI=1S/C14H24N2O3S/c1-4-15-10-12-9-13(11(2)19-12)20(17,18)16-14(3)7-5-6-8-14/h9,15-16H,4-8,10H2,1-3H3. The molecule has 0 atom stereocenters. The lowest BCUT2D eigenvalue weighted by Crippen LogP contribution is -2.43. The molecule has 1 fully saturated rings. The fourth-order valence-electron chi connectivity index (χ4n) is 2.76. The van der Waals surface area contributed by atoms with E-state index in [1.807, 2.05) is 13.8 Å². The summed E-state index contributed by atoms with van der Waals surface area (Å²) in [6.45, 7) is 7.03. The van der Waals surface area contributed by atoms with E-state index in [4.69, 9.17) is 4.42 Å². The number of aryl methyl sites for hydroxylation is 1. The topological polar surface area (TPSA) is 71.3 Å². The SMILES string of the molecule is CCNCc1cc(S(=O)(=O)NC2(C)CCCC2)c(C)o1. The molecule has 2 N–H and O–H groups in total. The molecule has 1 aliphatic carbocycles. The first-order chi connectivity index (χ1) is 9.36. The first kappa shape index (κ1) is 15.5. The highest BCUT2D eigenvalue weighted by Crippen LogP contribution is 2.31. The molecule has 1 aliphatic rings. The molecule has 1 aromatic heterocycles. The molecule has 0 aliphatic heterocycles. The lowest BCUT2D eigenvalue weighted by atomic mass is 10.0. The maximum Gasteiger partial charge on any atom is 0.244 e. The van der Waals surface area contributed by atoms with Crippen LogP contribution in [0.4, 0.5) is 0 Å². The van der Waals surface area contributed by atoms with E-state index in [9.17, 15) is 8.42 Å². The second kappa shape index (κ2) is 5.87. The van der Waals surface area contributed by atoms with Crippen molar-refractivity contribution in [1.29, 1.82) is 0 Å². The molecule has 20 heavy (non-hydrogen) atoms. The molecule has 2 rings (SSSR count). The van der Waals surface area contributed by atoms with Gasteiger partial charge in [0.25, 0.3) is 0 Å². The molecule has 0 radical (unpaired) electrons.